The van der Waals surface area contributed by atoms with E-state index in [0.29, 0.717) is 11.3 Å². The molecule has 5 heteroatoms. The van der Waals surface area contributed by atoms with E-state index >= 15 is 0 Å². The fourth-order valence-electron chi connectivity index (χ4n) is 2.74. The Kier molecular flexibility index (Phi) is 3.97. The quantitative estimate of drug-likeness (QED) is 0.585. The molecule has 0 saturated carbocycles. The van der Waals surface area contributed by atoms with Crippen LogP contribution in [-0.4, -0.2) is 15.3 Å². The van der Waals surface area contributed by atoms with Crippen LogP contribution in [0.4, 0.5) is 10.1 Å². The van der Waals surface area contributed by atoms with Crippen LogP contribution in [0.5, 0.6) is 0 Å². The number of anilines is 1. The van der Waals surface area contributed by atoms with Gasteiger partial charge in [0.05, 0.1) is 5.69 Å². The summed E-state index contributed by atoms with van der Waals surface area (Å²) in [6, 6.07) is 17.7. The smallest absolute Gasteiger partial charge is 0.255 e. The number of hydrogen-bond acceptors (Lipinski definition) is 2. The van der Waals surface area contributed by atoms with Crippen molar-refractivity contribution in [3.8, 4) is 11.3 Å². The number of carbonyl (C=O) groups is 1. The van der Waals surface area contributed by atoms with Gasteiger partial charge in [-0.05, 0) is 48.9 Å². The number of nitrogens with one attached hydrogen (secondary N) is 1. The zero-order valence-electron chi connectivity index (χ0n) is 14.1. The molecule has 0 aliphatic carbocycles. The van der Waals surface area contributed by atoms with Gasteiger partial charge >= 0.3 is 0 Å². The Hall–Kier alpha value is -3.47. The van der Waals surface area contributed by atoms with E-state index in [1.165, 1.54) is 6.07 Å². The normalized spacial score (nSPS) is 10.8. The van der Waals surface area contributed by atoms with Crippen LogP contribution in [0.2, 0.25) is 0 Å². The maximum absolute atomic E-state index is 13.6. The van der Waals surface area contributed by atoms with Crippen molar-refractivity contribution in [2.45, 2.75) is 6.92 Å². The number of aryl methyl sites for hydroxylation is 1. The molecule has 4 rings (SSSR count). The molecule has 2 aromatic heterocycles. The zero-order valence-corrected chi connectivity index (χ0v) is 14.1. The van der Waals surface area contributed by atoms with Crippen molar-refractivity contribution < 1.29 is 9.18 Å². The highest BCUT2D eigenvalue weighted by molar-refractivity contribution is 6.04. The molecule has 4 nitrogen and oxygen atoms in total. The van der Waals surface area contributed by atoms with Gasteiger partial charge in [0.25, 0.3) is 5.91 Å². The third kappa shape index (κ3) is 3.07. The van der Waals surface area contributed by atoms with Crippen molar-refractivity contribution in [2.24, 2.45) is 0 Å². The van der Waals surface area contributed by atoms with Crippen molar-refractivity contribution in [1.29, 1.82) is 0 Å². The first kappa shape index (κ1) is 16.0. The highest BCUT2D eigenvalue weighted by Crippen LogP contribution is 2.21. The third-order valence-electron chi connectivity index (χ3n) is 4.24. The number of amides is 1. The van der Waals surface area contributed by atoms with Crippen LogP contribution in [0, 0.1) is 12.7 Å². The van der Waals surface area contributed by atoms with Crippen LogP contribution >= 0.6 is 0 Å². The van der Waals surface area contributed by atoms with Gasteiger partial charge in [-0.15, -0.1) is 0 Å². The largest absolute Gasteiger partial charge is 0.322 e. The lowest BCUT2D eigenvalue weighted by molar-refractivity contribution is 0.102. The van der Waals surface area contributed by atoms with Gasteiger partial charge in [0, 0.05) is 29.2 Å². The van der Waals surface area contributed by atoms with E-state index in [4.69, 9.17) is 0 Å². The van der Waals surface area contributed by atoms with E-state index in [-0.39, 0.29) is 17.3 Å². The minimum atomic E-state index is -0.389. The summed E-state index contributed by atoms with van der Waals surface area (Å²) in [4.78, 5) is 16.8. The Bertz CT molecular complexity index is 1070. The van der Waals surface area contributed by atoms with Gasteiger partial charge < -0.3 is 9.72 Å². The lowest BCUT2D eigenvalue weighted by atomic mass is 10.1. The molecule has 0 bridgehead atoms. The zero-order chi connectivity index (χ0) is 18.1. The van der Waals surface area contributed by atoms with E-state index in [1.54, 1.807) is 19.1 Å². The standard InChI is InChI=1S/C21H16FN3O/c1-14-5-6-16(12-18(14)22)21(26)23-17-9-7-15(8-10-17)19-13-25-11-3-2-4-20(25)24-19/h2-13H,1H3,(H,23,26). The Balaban J connectivity index is 1.53. The van der Waals surface area contributed by atoms with Crippen LogP contribution in [0.25, 0.3) is 16.9 Å². The highest BCUT2D eigenvalue weighted by atomic mass is 19.1. The maximum atomic E-state index is 13.6. The molecular weight excluding hydrogens is 329 g/mol. The van der Waals surface area contributed by atoms with Gasteiger partial charge in [-0.3, -0.25) is 4.79 Å². The second-order valence-electron chi connectivity index (χ2n) is 6.09. The van der Waals surface area contributed by atoms with Crippen LogP contribution in [0.3, 0.4) is 0 Å². The minimum absolute atomic E-state index is 0.289. The topological polar surface area (TPSA) is 46.4 Å². The number of rotatable bonds is 3. The van der Waals surface area contributed by atoms with E-state index in [9.17, 15) is 9.18 Å². The fourth-order valence-corrected chi connectivity index (χ4v) is 2.74. The molecule has 0 atom stereocenters. The van der Waals surface area contributed by atoms with Gasteiger partial charge in [-0.25, -0.2) is 9.37 Å². The predicted octanol–water partition coefficient (Wildman–Crippen LogP) is 4.70. The Morgan fingerprint density at radius 2 is 1.88 bits per heavy atom. The monoisotopic (exact) mass is 345 g/mol. The van der Waals surface area contributed by atoms with Gasteiger partial charge in [-0.1, -0.05) is 24.3 Å². The predicted molar refractivity (Wildman–Crippen MR) is 99.7 cm³/mol. The molecule has 128 valence electrons. The summed E-state index contributed by atoms with van der Waals surface area (Å²) in [5, 5.41) is 2.78. The Morgan fingerprint density at radius 1 is 1.08 bits per heavy atom. The number of halogens is 1. The van der Waals surface area contributed by atoms with Crippen molar-refractivity contribution in [1.82, 2.24) is 9.38 Å². The van der Waals surface area contributed by atoms with E-state index in [1.807, 2.05) is 59.3 Å². The second-order valence-corrected chi connectivity index (χ2v) is 6.09. The Morgan fingerprint density at radius 3 is 2.62 bits per heavy atom. The number of aromatic nitrogens is 2. The van der Waals surface area contributed by atoms with Crippen LogP contribution in [-0.2, 0) is 0 Å². The third-order valence-corrected chi connectivity index (χ3v) is 4.24. The molecular formula is C21H16FN3O. The Labute approximate surface area is 149 Å². The van der Waals surface area contributed by atoms with Crippen molar-refractivity contribution >= 4 is 17.2 Å². The van der Waals surface area contributed by atoms with Gasteiger partial charge in [0.2, 0.25) is 0 Å². The summed E-state index contributed by atoms with van der Waals surface area (Å²) in [6.45, 7) is 1.66. The number of hydrogen-bond donors (Lipinski definition) is 1. The first-order chi connectivity index (χ1) is 12.6. The number of fused-ring (bicyclic) bond motifs is 1. The molecule has 0 aliphatic rings. The molecule has 0 unspecified atom stereocenters. The number of benzene rings is 2. The summed E-state index contributed by atoms with van der Waals surface area (Å²) in [5.74, 6) is -0.732. The lowest BCUT2D eigenvalue weighted by Gasteiger charge is -2.07. The first-order valence-electron chi connectivity index (χ1n) is 8.22. The van der Waals surface area contributed by atoms with Gasteiger partial charge in [0.1, 0.15) is 11.5 Å². The van der Waals surface area contributed by atoms with Gasteiger partial charge in [0.15, 0.2) is 0 Å². The molecule has 26 heavy (non-hydrogen) atoms. The lowest BCUT2D eigenvalue weighted by Crippen LogP contribution is -2.12. The van der Waals surface area contributed by atoms with E-state index in [0.717, 1.165) is 16.9 Å². The molecule has 2 heterocycles. The molecule has 0 fully saturated rings. The molecule has 2 aromatic carbocycles. The minimum Gasteiger partial charge on any atom is -0.322 e. The SMILES string of the molecule is Cc1ccc(C(=O)Nc2ccc(-c3cn4ccccc4n3)cc2)cc1F. The fraction of sp³-hybridized carbons (Fsp3) is 0.0476. The van der Waals surface area contributed by atoms with E-state index < -0.39 is 0 Å². The number of nitrogens with zero attached hydrogens (tertiary/aromatic N) is 2. The molecule has 0 aliphatic heterocycles. The molecule has 4 aromatic rings. The number of imidazole rings is 1. The van der Waals surface area contributed by atoms with Crippen molar-refractivity contribution in [3.05, 3.63) is 90.0 Å². The maximum Gasteiger partial charge on any atom is 0.255 e. The van der Waals surface area contributed by atoms with Crippen molar-refractivity contribution in [3.63, 3.8) is 0 Å². The summed E-state index contributed by atoms with van der Waals surface area (Å²) in [7, 11) is 0. The molecule has 0 saturated heterocycles. The molecule has 0 radical (unpaired) electrons. The molecule has 1 N–H and O–H groups in total. The summed E-state index contributed by atoms with van der Waals surface area (Å²) >= 11 is 0. The van der Waals surface area contributed by atoms with Crippen LogP contribution < -0.4 is 5.32 Å². The van der Waals surface area contributed by atoms with Crippen LogP contribution in [0.1, 0.15) is 15.9 Å². The summed E-state index contributed by atoms with van der Waals surface area (Å²) in [5.41, 5.74) is 4.13. The highest BCUT2D eigenvalue weighted by Gasteiger charge is 2.09. The van der Waals surface area contributed by atoms with Crippen LogP contribution in [0.15, 0.2) is 73.1 Å². The average Bonchev–Trinajstić information content (AvgIpc) is 3.08. The average molecular weight is 345 g/mol. The summed E-state index contributed by atoms with van der Waals surface area (Å²) in [6.07, 6.45) is 3.90. The first-order valence-corrected chi connectivity index (χ1v) is 8.22. The van der Waals surface area contributed by atoms with Gasteiger partial charge in [-0.2, -0.15) is 0 Å². The number of pyridine rings is 1. The summed E-state index contributed by atoms with van der Waals surface area (Å²) < 4.78 is 15.6. The molecule has 0 spiro atoms. The van der Waals surface area contributed by atoms with Crippen molar-refractivity contribution in [2.75, 3.05) is 5.32 Å². The second kappa shape index (κ2) is 6.44. The number of carbonyl (C=O) groups excluding carboxylic acids is 1. The molecule has 1 amide bonds. The van der Waals surface area contributed by atoms with E-state index in [2.05, 4.69) is 10.3 Å².